The fourth-order valence-corrected chi connectivity index (χ4v) is 3.55. The number of rotatable bonds is 9. The van der Waals surface area contributed by atoms with Gasteiger partial charge in [-0.3, -0.25) is 14.7 Å². The molecule has 0 aliphatic carbocycles. The van der Waals surface area contributed by atoms with Gasteiger partial charge in [0, 0.05) is 6.54 Å². The number of benzene rings is 3. The minimum absolute atomic E-state index is 0.306. The Hall–Kier alpha value is -2.76. The van der Waals surface area contributed by atoms with Gasteiger partial charge in [0.2, 0.25) is 5.91 Å². The normalized spacial score (nSPS) is 12.3. The fourth-order valence-electron chi connectivity index (χ4n) is 3.09. The Balaban J connectivity index is 1.68. The van der Waals surface area contributed by atoms with Crippen LogP contribution in [-0.4, -0.2) is 28.0 Å². The first-order valence-corrected chi connectivity index (χ1v) is 11.4. The van der Waals surface area contributed by atoms with E-state index < -0.39 is 19.9 Å². The summed E-state index contributed by atoms with van der Waals surface area (Å²) in [5, 5.41) is 5.55. The molecule has 3 aromatic rings. The van der Waals surface area contributed by atoms with Crippen LogP contribution in [0.3, 0.4) is 0 Å². The van der Waals surface area contributed by atoms with E-state index >= 15 is 0 Å². The van der Waals surface area contributed by atoms with Gasteiger partial charge < -0.3 is 15.1 Å². The van der Waals surface area contributed by atoms with Crippen molar-refractivity contribution in [1.29, 1.82) is 0 Å². The maximum atomic E-state index is 12.7. The molecular weight excluding hydrogens is 399 g/mol. The van der Waals surface area contributed by atoms with Gasteiger partial charge >= 0.3 is 7.60 Å². The van der Waals surface area contributed by atoms with Crippen LogP contribution in [0.4, 0.5) is 0 Å². The largest absolute Gasteiger partial charge is 0.351 e. The summed E-state index contributed by atoms with van der Waals surface area (Å²) in [6.07, 6.45) is -0.242. The molecule has 4 N–H and O–H groups in total. The van der Waals surface area contributed by atoms with Crippen molar-refractivity contribution in [3.05, 3.63) is 96.1 Å². The molecule has 0 saturated heterocycles. The second-order valence-corrected chi connectivity index (χ2v) is 8.70. The molecule has 3 aromatic carbocycles. The van der Waals surface area contributed by atoms with Crippen LogP contribution in [0, 0.1) is 0 Å². The molecule has 0 bridgehead atoms. The Bertz CT molecular complexity index is 989. The van der Waals surface area contributed by atoms with Gasteiger partial charge in [-0.1, -0.05) is 84.9 Å². The summed E-state index contributed by atoms with van der Waals surface area (Å²) < 4.78 is 11.3. The molecule has 0 radical (unpaired) electrons. The molecule has 0 fully saturated rings. The number of carbonyl (C=O) groups is 1. The van der Waals surface area contributed by atoms with Crippen molar-refractivity contribution in [2.24, 2.45) is 0 Å². The van der Waals surface area contributed by atoms with Gasteiger partial charge in [-0.15, -0.1) is 0 Å². The number of hydrogen-bond donors (Lipinski definition) is 4. The predicted octanol–water partition coefficient (Wildman–Crippen LogP) is 3.31. The summed E-state index contributed by atoms with van der Waals surface area (Å²) >= 11 is 0. The summed E-state index contributed by atoms with van der Waals surface area (Å²) in [5.74, 6) is -0.306. The SMILES string of the molecule is O=C(NCc1ccccc1)[C@H](Cc1ccc(-c2ccccc2)cc1)NCP(=O)(O)O. The molecule has 3 rings (SSSR count). The standard InChI is InChI=1S/C23H25N2O4P/c26-23(24-16-19-7-3-1-4-8-19)22(25-17-30(27,28)29)15-18-11-13-21(14-12-18)20-9-5-2-6-10-20/h1-14,22,25H,15-17H2,(H,24,26)(H2,27,28,29)/t22-/m0/s1. The zero-order chi connectivity index (χ0) is 21.4. The first-order chi connectivity index (χ1) is 14.4. The lowest BCUT2D eigenvalue weighted by molar-refractivity contribution is -0.123. The van der Waals surface area contributed by atoms with Crippen LogP contribution in [0.2, 0.25) is 0 Å². The van der Waals surface area contributed by atoms with Crippen LogP contribution in [0.25, 0.3) is 11.1 Å². The van der Waals surface area contributed by atoms with Crippen molar-refractivity contribution in [3.8, 4) is 11.1 Å². The third-order valence-corrected chi connectivity index (χ3v) is 5.27. The zero-order valence-electron chi connectivity index (χ0n) is 16.4. The maximum absolute atomic E-state index is 12.7. The average molecular weight is 424 g/mol. The maximum Gasteiger partial charge on any atom is 0.339 e. The minimum Gasteiger partial charge on any atom is -0.351 e. The molecule has 0 heterocycles. The van der Waals surface area contributed by atoms with Crippen molar-refractivity contribution in [2.75, 3.05) is 6.29 Å². The summed E-state index contributed by atoms with van der Waals surface area (Å²) in [5.41, 5.74) is 4.01. The molecule has 156 valence electrons. The van der Waals surface area contributed by atoms with Crippen LogP contribution >= 0.6 is 7.60 Å². The average Bonchev–Trinajstić information content (AvgIpc) is 2.76. The molecule has 6 nitrogen and oxygen atoms in total. The molecule has 0 saturated carbocycles. The van der Waals surface area contributed by atoms with Crippen LogP contribution in [0.15, 0.2) is 84.9 Å². The second-order valence-electron chi connectivity index (χ2n) is 7.05. The van der Waals surface area contributed by atoms with E-state index in [0.717, 1.165) is 22.3 Å². The van der Waals surface area contributed by atoms with E-state index in [-0.39, 0.29) is 5.91 Å². The molecule has 1 atom stereocenters. The third-order valence-electron chi connectivity index (χ3n) is 4.67. The van der Waals surface area contributed by atoms with Gasteiger partial charge in [-0.05, 0) is 28.7 Å². The van der Waals surface area contributed by atoms with Crippen molar-refractivity contribution in [1.82, 2.24) is 10.6 Å². The molecular formula is C23H25N2O4P. The molecule has 0 aliphatic rings. The number of nitrogens with one attached hydrogen (secondary N) is 2. The Morgan fingerprint density at radius 2 is 1.37 bits per heavy atom. The molecule has 30 heavy (non-hydrogen) atoms. The summed E-state index contributed by atoms with van der Waals surface area (Å²) in [6.45, 7) is 0.348. The summed E-state index contributed by atoms with van der Waals surface area (Å²) in [7, 11) is -4.28. The monoisotopic (exact) mass is 424 g/mol. The Labute approximate surface area is 176 Å². The van der Waals surface area contributed by atoms with Gasteiger partial charge in [-0.25, -0.2) is 0 Å². The number of amides is 1. The van der Waals surface area contributed by atoms with Crippen molar-refractivity contribution < 1.29 is 19.1 Å². The Morgan fingerprint density at radius 3 is 1.97 bits per heavy atom. The first kappa shape index (κ1) is 21.9. The van der Waals surface area contributed by atoms with E-state index in [1.165, 1.54) is 0 Å². The molecule has 0 unspecified atom stereocenters. The van der Waals surface area contributed by atoms with Gasteiger partial charge in [0.05, 0.1) is 12.3 Å². The van der Waals surface area contributed by atoms with E-state index in [9.17, 15) is 19.1 Å². The first-order valence-electron chi connectivity index (χ1n) is 9.65. The van der Waals surface area contributed by atoms with Crippen molar-refractivity contribution >= 4 is 13.5 Å². The highest BCUT2D eigenvalue weighted by atomic mass is 31.2. The fraction of sp³-hybridized carbons (Fsp3) is 0.174. The topological polar surface area (TPSA) is 98.7 Å². The van der Waals surface area contributed by atoms with Crippen LogP contribution < -0.4 is 10.6 Å². The smallest absolute Gasteiger partial charge is 0.339 e. The van der Waals surface area contributed by atoms with Crippen molar-refractivity contribution in [3.63, 3.8) is 0 Å². The zero-order valence-corrected chi connectivity index (χ0v) is 17.3. The van der Waals surface area contributed by atoms with Crippen LogP contribution in [-0.2, 0) is 22.3 Å². The molecule has 1 amide bonds. The quantitative estimate of drug-likeness (QED) is 0.395. The van der Waals surface area contributed by atoms with E-state index in [1.807, 2.05) is 84.9 Å². The van der Waals surface area contributed by atoms with E-state index in [4.69, 9.17) is 0 Å². The lowest BCUT2D eigenvalue weighted by atomic mass is 10.0. The number of carbonyl (C=O) groups excluding carboxylic acids is 1. The van der Waals surface area contributed by atoms with E-state index in [2.05, 4.69) is 10.6 Å². The lowest BCUT2D eigenvalue weighted by Gasteiger charge is -2.19. The van der Waals surface area contributed by atoms with Crippen LogP contribution in [0.1, 0.15) is 11.1 Å². The summed E-state index contributed by atoms with van der Waals surface area (Å²) in [4.78, 5) is 31.1. The van der Waals surface area contributed by atoms with Gasteiger partial charge in [0.1, 0.15) is 0 Å². The highest BCUT2D eigenvalue weighted by Gasteiger charge is 2.22. The molecule has 0 spiro atoms. The van der Waals surface area contributed by atoms with Gasteiger partial charge in [0.25, 0.3) is 0 Å². The van der Waals surface area contributed by atoms with Gasteiger partial charge in [-0.2, -0.15) is 0 Å². The molecule has 0 aliphatic heterocycles. The minimum atomic E-state index is -4.28. The van der Waals surface area contributed by atoms with E-state index in [1.54, 1.807) is 0 Å². The third kappa shape index (κ3) is 6.94. The second kappa shape index (κ2) is 10.3. The van der Waals surface area contributed by atoms with E-state index in [0.29, 0.717) is 13.0 Å². The number of hydrogen-bond acceptors (Lipinski definition) is 3. The molecule has 0 aromatic heterocycles. The lowest BCUT2D eigenvalue weighted by Crippen LogP contribution is -2.45. The Kier molecular flexibility index (Phi) is 7.55. The predicted molar refractivity (Wildman–Crippen MR) is 118 cm³/mol. The van der Waals surface area contributed by atoms with Crippen molar-refractivity contribution in [2.45, 2.75) is 19.0 Å². The van der Waals surface area contributed by atoms with Gasteiger partial charge in [0.15, 0.2) is 0 Å². The Morgan fingerprint density at radius 1 is 0.800 bits per heavy atom. The molecule has 7 heteroatoms. The van der Waals surface area contributed by atoms with Crippen LogP contribution in [0.5, 0.6) is 0 Å². The highest BCUT2D eigenvalue weighted by molar-refractivity contribution is 7.51. The highest BCUT2D eigenvalue weighted by Crippen LogP contribution is 2.32. The summed E-state index contributed by atoms with van der Waals surface area (Å²) in [6, 6.07) is 26.5.